The summed E-state index contributed by atoms with van der Waals surface area (Å²) >= 11 is 0. The minimum Gasteiger partial charge on any atom is -0.484 e. The molecule has 1 rings (SSSR count). The molecule has 0 radical (unpaired) electrons. The van der Waals surface area contributed by atoms with Gasteiger partial charge in [-0.3, -0.25) is 4.79 Å². The summed E-state index contributed by atoms with van der Waals surface area (Å²) in [5, 5.41) is 2.67. The second-order valence-corrected chi connectivity index (χ2v) is 6.49. The Hall–Kier alpha value is -1.27. The number of ether oxygens (including phenoxy) is 1. The van der Waals surface area contributed by atoms with Crippen molar-refractivity contribution in [2.24, 2.45) is 0 Å². The molecule has 0 saturated heterocycles. The molecule has 1 N–H and O–H groups in total. The van der Waals surface area contributed by atoms with E-state index in [0.29, 0.717) is 5.75 Å². The second-order valence-electron chi connectivity index (χ2n) is 3.92. The number of hydrogen-bond donors (Lipinski definition) is 1. The van der Waals surface area contributed by atoms with Crippen molar-refractivity contribution in [2.75, 3.05) is 6.61 Å². The van der Waals surface area contributed by atoms with E-state index in [4.69, 9.17) is 15.4 Å². The van der Waals surface area contributed by atoms with Crippen LogP contribution in [0.3, 0.4) is 0 Å². The highest BCUT2D eigenvalue weighted by Crippen LogP contribution is 2.18. The minimum atomic E-state index is -3.73. The van der Waals surface area contributed by atoms with Gasteiger partial charge in [-0.05, 0) is 38.1 Å². The topological polar surface area (TPSA) is 72.5 Å². The van der Waals surface area contributed by atoms with Crippen LogP contribution in [0.15, 0.2) is 29.2 Å². The first-order chi connectivity index (χ1) is 8.29. The maximum Gasteiger partial charge on any atom is 0.261 e. The molecule has 0 unspecified atom stereocenters. The molecule has 1 aromatic rings. The SMILES string of the molecule is CC(C)NC(=O)COc1ccc(S(=O)(=O)Cl)cc1. The van der Waals surface area contributed by atoms with Crippen LogP contribution in [-0.2, 0) is 13.8 Å². The standard InChI is InChI=1S/C11H14ClNO4S/c1-8(2)13-11(14)7-17-9-3-5-10(6-4-9)18(12,15)16/h3-6,8H,7H2,1-2H3,(H,13,14). The zero-order valence-corrected chi connectivity index (χ0v) is 11.6. The summed E-state index contributed by atoms with van der Waals surface area (Å²) in [5.74, 6) is 0.164. The summed E-state index contributed by atoms with van der Waals surface area (Å²) in [6, 6.07) is 5.57. The Morgan fingerprint density at radius 3 is 2.33 bits per heavy atom. The molecule has 0 aromatic heterocycles. The Morgan fingerprint density at radius 2 is 1.89 bits per heavy atom. The zero-order valence-electron chi connectivity index (χ0n) is 10.0. The van der Waals surface area contributed by atoms with Gasteiger partial charge in [-0.2, -0.15) is 0 Å². The van der Waals surface area contributed by atoms with Crippen LogP contribution >= 0.6 is 10.7 Å². The van der Waals surface area contributed by atoms with Crippen LogP contribution in [0.25, 0.3) is 0 Å². The Balaban J connectivity index is 2.57. The summed E-state index contributed by atoms with van der Waals surface area (Å²) in [6.07, 6.45) is 0. The first-order valence-electron chi connectivity index (χ1n) is 5.26. The average Bonchev–Trinajstić information content (AvgIpc) is 2.25. The van der Waals surface area contributed by atoms with Gasteiger partial charge in [0.05, 0.1) is 4.90 Å². The van der Waals surface area contributed by atoms with Crippen LogP contribution in [0.4, 0.5) is 0 Å². The summed E-state index contributed by atoms with van der Waals surface area (Å²) in [7, 11) is 1.43. The van der Waals surface area contributed by atoms with Crippen LogP contribution < -0.4 is 10.1 Å². The lowest BCUT2D eigenvalue weighted by atomic mass is 10.3. The predicted molar refractivity (Wildman–Crippen MR) is 68.3 cm³/mol. The van der Waals surface area contributed by atoms with E-state index in [1.54, 1.807) is 0 Å². The first kappa shape index (κ1) is 14.8. The summed E-state index contributed by atoms with van der Waals surface area (Å²) in [5.41, 5.74) is 0. The molecule has 0 aliphatic carbocycles. The fraction of sp³-hybridized carbons (Fsp3) is 0.364. The molecule has 0 heterocycles. The number of rotatable bonds is 5. The van der Waals surface area contributed by atoms with Crippen molar-refractivity contribution >= 4 is 25.6 Å². The Morgan fingerprint density at radius 1 is 1.33 bits per heavy atom. The fourth-order valence-electron chi connectivity index (χ4n) is 1.21. The van der Waals surface area contributed by atoms with E-state index in [1.165, 1.54) is 24.3 Å². The van der Waals surface area contributed by atoms with Gasteiger partial charge in [0.2, 0.25) is 0 Å². The molecule has 0 saturated carbocycles. The third kappa shape index (κ3) is 4.93. The summed E-state index contributed by atoms with van der Waals surface area (Å²) < 4.78 is 27.2. The third-order valence-electron chi connectivity index (χ3n) is 1.92. The van der Waals surface area contributed by atoms with E-state index >= 15 is 0 Å². The van der Waals surface area contributed by atoms with E-state index in [0.717, 1.165) is 0 Å². The number of nitrogens with one attached hydrogen (secondary N) is 1. The highest BCUT2D eigenvalue weighted by molar-refractivity contribution is 8.13. The van der Waals surface area contributed by atoms with Gasteiger partial charge in [0.25, 0.3) is 15.0 Å². The smallest absolute Gasteiger partial charge is 0.261 e. The number of hydrogen-bond acceptors (Lipinski definition) is 4. The Labute approximate surface area is 111 Å². The fourth-order valence-corrected chi connectivity index (χ4v) is 1.98. The normalized spacial score (nSPS) is 11.3. The number of carbonyl (C=O) groups is 1. The first-order valence-corrected chi connectivity index (χ1v) is 7.57. The van der Waals surface area contributed by atoms with Gasteiger partial charge in [-0.1, -0.05) is 0 Å². The Bertz CT molecular complexity index is 510. The summed E-state index contributed by atoms with van der Waals surface area (Å²) in [4.78, 5) is 11.3. The van der Waals surface area contributed by atoms with Gasteiger partial charge in [0.1, 0.15) is 5.75 Å². The number of halogens is 1. The average molecular weight is 292 g/mol. The van der Waals surface area contributed by atoms with E-state index in [2.05, 4.69) is 5.32 Å². The molecule has 0 aliphatic rings. The monoisotopic (exact) mass is 291 g/mol. The molecule has 0 bridgehead atoms. The largest absolute Gasteiger partial charge is 0.484 e. The van der Waals surface area contributed by atoms with Crippen LogP contribution in [0.2, 0.25) is 0 Å². The van der Waals surface area contributed by atoms with E-state index in [-0.39, 0.29) is 23.5 Å². The lowest BCUT2D eigenvalue weighted by Gasteiger charge is -2.09. The summed E-state index contributed by atoms with van der Waals surface area (Å²) in [6.45, 7) is 3.57. The molecule has 5 nitrogen and oxygen atoms in total. The predicted octanol–water partition coefficient (Wildman–Crippen LogP) is 1.52. The molecule has 0 spiro atoms. The van der Waals surface area contributed by atoms with E-state index in [9.17, 15) is 13.2 Å². The van der Waals surface area contributed by atoms with Gasteiger partial charge in [0, 0.05) is 16.7 Å². The van der Waals surface area contributed by atoms with E-state index < -0.39 is 9.05 Å². The minimum absolute atomic E-state index is 0.0110. The molecular formula is C11H14ClNO4S. The molecule has 0 atom stereocenters. The molecular weight excluding hydrogens is 278 g/mol. The molecule has 0 aliphatic heterocycles. The van der Waals surface area contributed by atoms with Gasteiger partial charge in [-0.25, -0.2) is 8.42 Å². The van der Waals surface area contributed by atoms with Gasteiger partial charge < -0.3 is 10.1 Å². The van der Waals surface area contributed by atoms with Gasteiger partial charge in [-0.15, -0.1) is 0 Å². The van der Waals surface area contributed by atoms with Crippen molar-refractivity contribution in [3.63, 3.8) is 0 Å². The van der Waals surface area contributed by atoms with Crippen LogP contribution in [-0.4, -0.2) is 27.0 Å². The van der Waals surface area contributed by atoms with Gasteiger partial charge in [0.15, 0.2) is 6.61 Å². The number of carbonyl (C=O) groups excluding carboxylic acids is 1. The van der Waals surface area contributed by atoms with Crippen LogP contribution in [0.5, 0.6) is 5.75 Å². The van der Waals surface area contributed by atoms with Crippen LogP contribution in [0, 0.1) is 0 Å². The molecule has 100 valence electrons. The third-order valence-corrected chi connectivity index (χ3v) is 3.29. The maximum absolute atomic E-state index is 11.3. The number of benzene rings is 1. The molecule has 7 heteroatoms. The van der Waals surface area contributed by atoms with Crippen LogP contribution in [0.1, 0.15) is 13.8 Å². The highest BCUT2D eigenvalue weighted by Gasteiger charge is 2.10. The zero-order chi connectivity index (χ0) is 13.8. The second kappa shape index (κ2) is 6.06. The quantitative estimate of drug-likeness (QED) is 0.835. The maximum atomic E-state index is 11.3. The van der Waals surface area contributed by atoms with E-state index in [1.807, 2.05) is 13.8 Å². The van der Waals surface area contributed by atoms with Crippen molar-refractivity contribution < 1.29 is 17.9 Å². The molecule has 0 fully saturated rings. The number of amides is 1. The van der Waals surface area contributed by atoms with Gasteiger partial charge >= 0.3 is 0 Å². The van der Waals surface area contributed by atoms with Crippen molar-refractivity contribution in [3.8, 4) is 5.75 Å². The lowest BCUT2D eigenvalue weighted by molar-refractivity contribution is -0.123. The van der Waals surface area contributed by atoms with Crippen molar-refractivity contribution in [1.29, 1.82) is 0 Å². The molecule has 1 aromatic carbocycles. The van der Waals surface area contributed by atoms with Crippen molar-refractivity contribution in [1.82, 2.24) is 5.32 Å². The van der Waals surface area contributed by atoms with Crippen molar-refractivity contribution in [2.45, 2.75) is 24.8 Å². The van der Waals surface area contributed by atoms with Crippen molar-refractivity contribution in [3.05, 3.63) is 24.3 Å². The highest BCUT2D eigenvalue weighted by atomic mass is 35.7. The lowest BCUT2D eigenvalue weighted by Crippen LogP contribution is -2.34. The Kier molecular flexibility index (Phi) is 4.98. The molecule has 18 heavy (non-hydrogen) atoms. The molecule has 1 amide bonds.